The van der Waals surface area contributed by atoms with Gasteiger partial charge < -0.3 is 9.84 Å². The average molecular weight is 437 g/mol. The van der Waals surface area contributed by atoms with E-state index in [1.807, 2.05) is 19.9 Å². The number of hydrogen-bond donors (Lipinski definition) is 1. The maximum absolute atomic E-state index is 10.6. The van der Waals surface area contributed by atoms with Crippen molar-refractivity contribution in [2.24, 2.45) is 5.92 Å². The molecule has 176 valence electrons. The maximum atomic E-state index is 10.6. The molecule has 0 aliphatic rings. The molecule has 0 heterocycles. The molecule has 0 aliphatic carbocycles. The molecule has 0 radical (unpaired) electrons. The molecule has 0 amide bonds. The van der Waals surface area contributed by atoms with E-state index in [-0.39, 0.29) is 5.41 Å². The van der Waals surface area contributed by atoms with Crippen LogP contribution in [0.3, 0.4) is 0 Å². The van der Waals surface area contributed by atoms with E-state index >= 15 is 0 Å². The molecule has 1 N–H and O–H groups in total. The van der Waals surface area contributed by atoms with Crippen LogP contribution in [-0.2, 0) is 5.41 Å². The van der Waals surface area contributed by atoms with Crippen molar-refractivity contribution in [3.8, 4) is 5.75 Å². The van der Waals surface area contributed by atoms with Crippen LogP contribution < -0.4 is 4.74 Å². The monoisotopic (exact) mass is 436 g/mol. The van der Waals surface area contributed by atoms with Crippen molar-refractivity contribution in [2.45, 2.75) is 92.1 Å². The summed E-state index contributed by atoms with van der Waals surface area (Å²) in [4.78, 5) is 0. The predicted molar refractivity (Wildman–Crippen MR) is 139 cm³/mol. The number of hydrogen-bond acceptors (Lipinski definition) is 2. The molecule has 0 aromatic heterocycles. The van der Waals surface area contributed by atoms with Crippen molar-refractivity contribution in [2.75, 3.05) is 6.61 Å². The molecule has 0 unspecified atom stereocenters. The number of rotatable bonds is 11. The van der Waals surface area contributed by atoms with Crippen LogP contribution in [0, 0.1) is 19.8 Å². The molecule has 0 bridgehead atoms. The second-order valence-corrected chi connectivity index (χ2v) is 9.69. The normalized spacial score (nSPS) is 12.7. The Morgan fingerprint density at radius 1 is 0.844 bits per heavy atom. The zero-order valence-corrected chi connectivity index (χ0v) is 21.6. The van der Waals surface area contributed by atoms with Gasteiger partial charge >= 0.3 is 0 Å². The fraction of sp³-hybridized carbons (Fsp3) is 0.533. The van der Waals surface area contributed by atoms with Gasteiger partial charge in [0, 0.05) is 5.41 Å². The van der Waals surface area contributed by atoms with Crippen LogP contribution in [0.25, 0.3) is 6.08 Å². The van der Waals surface area contributed by atoms with Crippen LogP contribution >= 0.6 is 0 Å². The molecule has 2 heteroatoms. The largest absolute Gasteiger partial charge is 0.493 e. The summed E-state index contributed by atoms with van der Waals surface area (Å²) in [5, 5.41) is 10.6. The minimum atomic E-state index is -0.724. The highest BCUT2D eigenvalue weighted by atomic mass is 16.5. The van der Waals surface area contributed by atoms with Crippen LogP contribution in [-0.4, -0.2) is 17.3 Å². The summed E-state index contributed by atoms with van der Waals surface area (Å²) in [6.45, 7) is 18.0. The van der Waals surface area contributed by atoms with Crippen molar-refractivity contribution in [3.63, 3.8) is 0 Å². The lowest BCUT2D eigenvalue weighted by molar-refractivity contribution is 0.0836. The van der Waals surface area contributed by atoms with Gasteiger partial charge in [0.2, 0.25) is 0 Å². The second kappa shape index (κ2) is 11.2. The van der Waals surface area contributed by atoms with Crippen LogP contribution in [0.5, 0.6) is 5.75 Å². The van der Waals surface area contributed by atoms with Gasteiger partial charge in [0.25, 0.3) is 0 Å². The maximum Gasteiger partial charge on any atom is 0.122 e. The molecule has 0 saturated carbocycles. The lowest BCUT2D eigenvalue weighted by atomic mass is 9.70. The van der Waals surface area contributed by atoms with Crippen molar-refractivity contribution >= 4 is 6.08 Å². The Morgan fingerprint density at radius 3 is 1.88 bits per heavy atom. The summed E-state index contributed by atoms with van der Waals surface area (Å²) in [6, 6.07) is 13.5. The first kappa shape index (κ1) is 26.2. The minimum Gasteiger partial charge on any atom is -0.493 e. The standard InChI is InChI=1S/C30H44O2/c1-9-29(31,10-2)18-17-25-13-14-26(19-23(25)7)30(11-3,12-4)27-15-16-28(24(8)20-27)32-21-22(5)6/h13-20,22,31H,9-12,21H2,1-8H3. The SMILES string of the molecule is CCC(O)(C=Cc1ccc(C(CC)(CC)c2ccc(OCC(C)C)c(C)c2)cc1C)CC. The Labute approximate surface area is 196 Å². The van der Waals surface area contributed by atoms with Gasteiger partial charge in [-0.15, -0.1) is 0 Å². The van der Waals surface area contributed by atoms with Crippen LogP contribution in [0.15, 0.2) is 42.5 Å². The van der Waals surface area contributed by atoms with E-state index in [9.17, 15) is 5.11 Å². The van der Waals surface area contributed by atoms with Crippen LogP contribution in [0.4, 0.5) is 0 Å². The van der Waals surface area contributed by atoms with Crippen molar-refractivity contribution in [3.05, 3.63) is 70.3 Å². The molecule has 0 spiro atoms. The van der Waals surface area contributed by atoms with Gasteiger partial charge in [0.05, 0.1) is 12.2 Å². The molecule has 0 atom stereocenters. The minimum absolute atomic E-state index is 0.0259. The molecule has 2 aromatic carbocycles. The first-order valence-electron chi connectivity index (χ1n) is 12.4. The summed E-state index contributed by atoms with van der Waals surface area (Å²) in [7, 11) is 0. The number of benzene rings is 2. The van der Waals surface area contributed by atoms with E-state index in [4.69, 9.17) is 4.74 Å². The molecule has 0 aliphatic heterocycles. The van der Waals surface area contributed by atoms with E-state index in [0.29, 0.717) is 5.92 Å². The lowest BCUT2D eigenvalue weighted by Gasteiger charge is -2.34. The third-order valence-corrected chi connectivity index (χ3v) is 7.13. The molecule has 2 rings (SSSR count). The van der Waals surface area contributed by atoms with Gasteiger partial charge in [-0.25, -0.2) is 0 Å². The summed E-state index contributed by atoms with van der Waals surface area (Å²) >= 11 is 0. The van der Waals surface area contributed by atoms with Gasteiger partial charge in [0.15, 0.2) is 0 Å². The Morgan fingerprint density at radius 2 is 1.41 bits per heavy atom. The first-order chi connectivity index (χ1) is 15.1. The molecule has 2 aromatic rings. The molecule has 0 saturated heterocycles. The third-order valence-electron chi connectivity index (χ3n) is 7.13. The van der Waals surface area contributed by atoms with E-state index in [2.05, 4.69) is 84.0 Å². The summed E-state index contributed by atoms with van der Waals surface area (Å²) in [6.07, 6.45) is 7.56. The third kappa shape index (κ3) is 5.84. The fourth-order valence-corrected chi connectivity index (χ4v) is 4.49. The Balaban J connectivity index is 2.42. The summed E-state index contributed by atoms with van der Waals surface area (Å²) in [5.74, 6) is 1.50. The Kier molecular flexibility index (Phi) is 9.16. The van der Waals surface area contributed by atoms with Gasteiger partial charge in [-0.05, 0) is 79.3 Å². The second-order valence-electron chi connectivity index (χ2n) is 9.69. The highest BCUT2D eigenvalue weighted by Gasteiger charge is 2.31. The zero-order valence-electron chi connectivity index (χ0n) is 21.6. The Bertz CT molecular complexity index is 899. The molecule has 32 heavy (non-hydrogen) atoms. The van der Waals surface area contributed by atoms with E-state index in [0.717, 1.165) is 38.0 Å². The summed E-state index contributed by atoms with van der Waals surface area (Å²) in [5.41, 5.74) is 5.57. The average Bonchev–Trinajstić information content (AvgIpc) is 2.78. The molecule has 2 nitrogen and oxygen atoms in total. The van der Waals surface area contributed by atoms with Crippen molar-refractivity contribution < 1.29 is 9.84 Å². The van der Waals surface area contributed by atoms with Gasteiger partial charge in [-0.1, -0.05) is 84.0 Å². The number of ether oxygens (including phenoxy) is 1. The number of aryl methyl sites for hydroxylation is 2. The van der Waals surface area contributed by atoms with E-state index < -0.39 is 5.60 Å². The van der Waals surface area contributed by atoms with Gasteiger partial charge in [-0.3, -0.25) is 0 Å². The highest BCUT2D eigenvalue weighted by Crippen LogP contribution is 2.41. The zero-order chi connectivity index (χ0) is 23.9. The van der Waals surface area contributed by atoms with Gasteiger partial charge in [0.1, 0.15) is 5.75 Å². The topological polar surface area (TPSA) is 29.5 Å². The molecular formula is C30H44O2. The van der Waals surface area contributed by atoms with Crippen LogP contribution in [0.2, 0.25) is 0 Å². The van der Waals surface area contributed by atoms with Crippen LogP contribution in [0.1, 0.15) is 95.0 Å². The highest BCUT2D eigenvalue weighted by molar-refractivity contribution is 5.57. The predicted octanol–water partition coefficient (Wildman–Crippen LogP) is 8.01. The quantitative estimate of drug-likeness (QED) is 0.386. The number of aliphatic hydroxyl groups is 1. The van der Waals surface area contributed by atoms with Crippen molar-refractivity contribution in [1.82, 2.24) is 0 Å². The van der Waals surface area contributed by atoms with Crippen molar-refractivity contribution in [1.29, 1.82) is 0 Å². The van der Waals surface area contributed by atoms with E-state index in [1.165, 1.54) is 27.8 Å². The van der Waals surface area contributed by atoms with Gasteiger partial charge in [-0.2, -0.15) is 0 Å². The van der Waals surface area contributed by atoms with E-state index in [1.54, 1.807) is 0 Å². The molecular weight excluding hydrogens is 392 g/mol. The summed E-state index contributed by atoms with van der Waals surface area (Å²) < 4.78 is 6.02. The molecule has 0 fully saturated rings. The lowest BCUT2D eigenvalue weighted by Crippen LogP contribution is -2.26. The Hall–Kier alpha value is -2.06. The first-order valence-corrected chi connectivity index (χ1v) is 12.4. The fourth-order valence-electron chi connectivity index (χ4n) is 4.49. The smallest absolute Gasteiger partial charge is 0.122 e.